The molecule has 0 spiro atoms. The second kappa shape index (κ2) is 7.44. The van der Waals surface area contributed by atoms with Gasteiger partial charge in [0.25, 0.3) is 0 Å². The van der Waals surface area contributed by atoms with Crippen LogP contribution in [0.15, 0.2) is 0 Å². The van der Waals surface area contributed by atoms with Crippen LogP contribution in [0.1, 0.15) is 68.2 Å². The van der Waals surface area contributed by atoms with Crippen molar-refractivity contribution in [2.75, 3.05) is 19.8 Å². The highest BCUT2D eigenvalue weighted by Crippen LogP contribution is 2.21. The molecule has 0 saturated heterocycles. The second-order valence-corrected chi connectivity index (χ2v) is 8.81. The third kappa shape index (κ3) is 10.2. The van der Waals surface area contributed by atoms with Gasteiger partial charge in [0.15, 0.2) is 0 Å². The predicted molar refractivity (Wildman–Crippen MR) is 85.8 cm³/mol. The maximum absolute atomic E-state index is 12.2. The molecule has 0 fully saturated rings. The van der Waals surface area contributed by atoms with Crippen molar-refractivity contribution in [3.63, 3.8) is 0 Å². The Bertz CT molecular complexity index is 295. The van der Waals surface area contributed by atoms with Crippen molar-refractivity contribution in [1.29, 1.82) is 0 Å². The molecule has 0 saturated carbocycles. The van der Waals surface area contributed by atoms with Crippen molar-refractivity contribution in [2.24, 2.45) is 16.2 Å². The number of nitrogens with one attached hydrogen (secondary N) is 1. The van der Waals surface area contributed by atoms with Crippen LogP contribution < -0.4 is 5.32 Å². The standard InChI is InChI=1S/C17H35NO2/c1-15(2,3)9-11-18-14(19)17(7,8)13-20-12-10-16(4,5)6/h9-13H2,1-8H3,(H,18,19). The zero-order chi connectivity index (χ0) is 16.0. The lowest BCUT2D eigenvalue weighted by atomic mass is 9.90. The Morgan fingerprint density at radius 1 is 0.900 bits per heavy atom. The summed E-state index contributed by atoms with van der Waals surface area (Å²) in [4.78, 5) is 12.2. The van der Waals surface area contributed by atoms with E-state index < -0.39 is 5.41 Å². The predicted octanol–water partition coefficient (Wildman–Crippen LogP) is 4.02. The highest BCUT2D eigenvalue weighted by atomic mass is 16.5. The summed E-state index contributed by atoms with van der Waals surface area (Å²) in [6.45, 7) is 18.9. The summed E-state index contributed by atoms with van der Waals surface area (Å²) in [7, 11) is 0. The van der Waals surface area contributed by atoms with Crippen LogP contribution in [0.2, 0.25) is 0 Å². The molecule has 1 N–H and O–H groups in total. The first-order valence-corrected chi connectivity index (χ1v) is 7.70. The highest BCUT2D eigenvalue weighted by Gasteiger charge is 2.28. The van der Waals surface area contributed by atoms with Gasteiger partial charge in [0.1, 0.15) is 0 Å². The lowest BCUT2D eigenvalue weighted by Gasteiger charge is -2.26. The number of hydrogen-bond donors (Lipinski definition) is 1. The Labute approximate surface area is 125 Å². The molecule has 120 valence electrons. The number of ether oxygens (including phenoxy) is 1. The van der Waals surface area contributed by atoms with E-state index in [1.807, 2.05) is 13.8 Å². The van der Waals surface area contributed by atoms with E-state index in [1.165, 1.54) is 0 Å². The minimum Gasteiger partial charge on any atom is -0.380 e. The molecule has 0 radical (unpaired) electrons. The summed E-state index contributed by atoms with van der Waals surface area (Å²) >= 11 is 0. The third-order valence-corrected chi connectivity index (χ3v) is 3.23. The average Bonchev–Trinajstić information content (AvgIpc) is 2.21. The van der Waals surface area contributed by atoms with Crippen LogP contribution in [-0.2, 0) is 9.53 Å². The smallest absolute Gasteiger partial charge is 0.227 e. The largest absolute Gasteiger partial charge is 0.380 e. The van der Waals surface area contributed by atoms with Crippen molar-refractivity contribution < 1.29 is 9.53 Å². The number of carbonyl (C=O) groups excluding carboxylic acids is 1. The molecule has 0 aliphatic heterocycles. The van der Waals surface area contributed by atoms with E-state index in [9.17, 15) is 4.79 Å². The topological polar surface area (TPSA) is 38.3 Å². The van der Waals surface area contributed by atoms with Gasteiger partial charge in [0.05, 0.1) is 12.0 Å². The second-order valence-electron chi connectivity index (χ2n) is 8.81. The lowest BCUT2D eigenvalue weighted by Crippen LogP contribution is -2.41. The normalized spacial score (nSPS) is 13.4. The van der Waals surface area contributed by atoms with E-state index in [0.29, 0.717) is 13.2 Å². The lowest BCUT2D eigenvalue weighted by molar-refractivity contribution is -0.132. The van der Waals surface area contributed by atoms with Gasteiger partial charge in [0, 0.05) is 13.2 Å². The van der Waals surface area contributed by atoms with Crippen molar-refractivity contribution in [3.8, 4) is 0 Å². The van der Waals surface area contributed by atoms with E-state index in [4.69, 9.17) is 4.74 Å². The summed E-state index contributed by atoms with van der Waals surface area (Å²) < 4.78 is 5.68. The molecule has 0 aliphatic carbocycles. The zero-order valence-corrected chi connectivity index (χ0v) is 14.9. The first-order chi connectivity index (χ1) is 8.83. The molecular weight excluding hydrogens is 250 g/mol. The zero-order valence-electron chi connectivity index (χ0n) is 14.9. The molecule has 3 nitrogen and oxygen atoms in total. The molecule has 3 heteroatoms. The molecule has 0 atom stereocenters. The van der Waals surface area contributed by atoms with Crippen molar-refractivity contribution in [2.45, 2.75) is 68.2 Å². The van der Waals surface area contributed by atoms with Crippen molar-refractivity contribution >= 4 is 5.91 Å². The summed E-state index contributed by atoms with van der Waals surface area (Å²) in [6, 6.07) is 0. The van der Waals surface area contributed by atoms with Gasteiger partial charge in [0.2, 0.25) is 5.91 Å². The summed E-state index contributed by atoms with van der Waals surface area (Å²) in [5.74, 6) is 0.0810. The molecule has 0 unspecified atom stereocenters. The van der Waals surface area contributed by atoms with E-state index >= 15 is 0 Å². The Morgan fingerprint density at radius 3 is 1.85 bits per heavy atom. The number of amides is 1. The number of carbonyl (C=O) groups is 1. The van der Waals surface area contributed by atoms with Crippen LogP contribution >= 0.6 is 0 Å². The van der Waals surface area contributed by atoms with Gasteiger partial charge in [-0.3, -0.25) is 4.79 Å². The fraction of sp³-hybridized carbons (Fsp3) is 0.941. The highest BCUT2D eigenvalue weighted by molar-refractivity contribution is 5.81. The van der Waals surface area contributed by atoms with Gasteiger partial charge in [-0.1, -0.05) is 41.5 Å². The minimum atomic E-state index is -0.463. The maximum atomic E-state index is 12.2. The first-order valence-electron chi connectivity index (χ1n) is 7.70. The Balaban J connectivity index is 4.00. The molecule has 0 aromatic rings. The molecule has 20 heavy (non-hydrogen) atoms. The van der Waals surface area contributed by atoms with Gasteiger partial charge in [-0.2, -0.15) is 0 Å². The maximum Gasteiger partial charge on any atom is 0.227 e. The minimum absolute atomic E-state index is 0.0810. The van der Waals surface area contributed by atoms with Crippen LogP contribution in [0.4, 0.5) is 0 Å². The number of hydrogen-bond acceptors (Lipinski definition) is 2. The van der Waals surface area contributed by atoms with E-state index in [-0.39, 0.29) is 16.7 Å². The molecule has 1 amide bonds. The van der Waals surface area contributed by atoms with Gasteiger partial charge in [-0.05, 0) is 37.5 Å². The fourth-order valence-corrected chi connectivity index (χ4v) is 1.56. The molecule has 0 rings (SSSR count). The Kier molecular flexibility index (Phi) is 7.23. The van der Waals surface area contributed by atoms with Gasteiger partial charge in [-0.25, -0.2) is 0 Å². The van der Waals surface area contributed by atoms with Gasteiger partial charge in [-0.15, -0.1) is 0 Å². The van der Waals surface area contributed by atoms with Crippen molar-refractivity contribution in [3.05, 3.63) is 0 Å². The van der Waals surface area contributed by atoms with Crippen LogP contribution in [0.25, 0.3) is 0 Å². The molecule has 0 bridgehead atoms. The van der Waals surface area contributed by atoms with Crippen LogP contribution in [-0.4, -0.2) is 25.7 Å². The molecular formula is C17H35NO2. The fourth-order valence-electron chi connectivity index (χ4n) is 1.56. The van der Waals surface area contributed by atoms with Gasteiger partial charge < -0.3 is 10.1 Å². The van der Waals surface area contributed by atoms with Crippen LogP contribution in [0.5, 0.6) is 0 Å². The molecule has 0 aromatic carbocycles. The van der Waals surface area contributed by atoms with Crippen LogP contribution in [0.3, 0.4) is 0 Å². The van der Waals surface area contributed by atoms with Gasteiger partial charge >= 0.3 is 0 Å². The van der Waals surface area contributed by atoms with E-state index in [0.717, 1.165) is 19.4 Å². The summed E-state index contributed by atoms with van der Waals surface area (Å²) in [5, 5.41) is 3.02. The third-order valence-electron chi connectivity index (χ3n) is 3.23. The SMILES string of the molecule is CC(C)(C)CCNC(=O)C(C)(C)COCCC(C)(C)C. The van der Waals surface area contributed by atoms with Crippen LogP contribution in [0, 0.1) is 16.2 Å². The summed E-state index contributed by atoms with van der Waals surface area (Å²) in [5.41, 5.74) is 0.0650. The molecule has 0 aromatic heterocycles. The number of rotatable bonds is 7. The Morgan fingerprint density at radius 2 is 1.40 bits per heavy atom. The van der Waals surface area contributed by atoms with E-state index in [1.54, 1.807) is 0 Å². The first kappa shape index (κ1) is 19.4. The van der Waals surface area contributed by atoms with Crippen molar-refractivity contribution in [1.82, 2.24) is 5.32 Å². The molecule has 0 heterocycles. The Hall–Kier alpha value is -0.570. The quantitative estimate of drug-likeness (QED) is 0.718. The molecule has 0 aliphatic rings. The monoisotopic (exact) mass is 285 g/mol. The average molecular weight is 285 g/mol. The summed E-state index contributed by atoms with van der Waals surface area (Å²) in [6.07, 6.45) is 1.99. The van der Waals surface area contributed by atoms with E-state index in [2.05, 4.69) is 46.9 Å².